The van der Waals surface area contributed by atoms with Crippen LogP contribution in [-0.2, 0) is 24.2 Å². The number of hydrogen-bond acceptors (Lipinski definition) is 6. The average molecular weight is 396 g/mol. The maximum atomic E-state index is 12.5. The zero-order valence-electron chi connectivity index (χ0n) is 15.6. The number of carbonyl (C=O) groups is 3. The molecule has 1 aromatic carbocycles. The van der Waals surface area contributed by atoms with E-state index in [2.05, 4.69) is 10.6 Å². The number of ether oxygens (including phenoxy) is 1. The highest BCUT2D eigenvalue weighted by molar-refractivity contribution is 7.91. The summed E-state index contributed by atoms with van der Waals surface area (Å²) in [5.41, 5.74) is -0.613. The third-order valence-corrected chi connectivity index (χ3v) is 6.12. The molecule has 1 fully saturated rings. The van der Waals surface area contributed by atoms with Crippen molar-refractivity contribution in [1.82, 2.24) is 5.32 Å². The van der Waals surface area contributed by atoms with E-state index >= 15 is 0 Å². The van der Waals surface area contributed by atoms with E-state index in [1.54, 1.807) is 19.1 Å². The first kappa shape index (κ1) is 20.9. The molecule has 1 heterocycles. The van der Waals surface area contributed by atoms with E-state index in [1.165, 1.54) is 26.0 Å². The summed E-state index contributed by atoms with van der Waals surface area (Å²) >= 11 is 0. The van der Waals surface area contributed by atoms with Gasteiger partial charge in [-0.05, 0) is 51.5 Å². The van der Waals surface area contributed by atoms with Crippen molar-refractivity contribution in [1.29, 1.82) is 0 Å². The number of esters is 1. The minimum absolute atomic E-state index is 0.0391. The maximum absolute atomic E-state index is 12.5. The quantitative estimate of drug-likeness (QED) is 0.550. The number of anilines is 1. The maximum Gasteiger partial charge on any atom is 0.338 e. The first-order chi connectivity index (χ1) is 12.5. The van der Waals surface area contributed by atoms with Gasteiger partial charge in [0.25, 0.3) is 0 Å². The summed E-state index contributed by atoms with van der Waals surface area (Å²) in [4.78, 5) is 36.6. The Balaban J connectivity index is 1.98. The van der Waals surface area contributed by atoms with Gasteiger partial charge in [0, 0.05) is 11.7 Å². The summed E-state index contributed by atoms with van der Waals surface area (Å²) in [5, 5.41) is 5.27. The van der Waals surface area contributed by atoms with Crippen molar-refractivity contribution in [3.8, 4) is 0 Å². The molecule has 27 heavy (non-hydrogen) atoms. The highest BCUT2D eigenvalue weighted by Gasteiger charge is 2.39. The topological polar surface area (TPSA) is 119 Å². The Morgan fingerprint density at radius 2 is 1.78 bits per heavy atom. The van der Waals surface area contributed by atoms with Gasteiger partial charge in [0.05, 0.1) is 23.7 Å². The molecule has 2 amide bonds. The Morgan fingerprint density at radius 1 is 1.15 bits per heavy atom. The number of sulfone groups is 1. The van der Waals surface area contributed by atoms with Crippen LogP contribution in [-0.4, -0.2) is 50.4 Å². The van der Waals surface area contributed by atoms with Crippen LogP contribution in [0.5, 0.6) is 0 Å². The first-order valence-corrected chi connectivity index (χ1v) is 10.5. The molecule has 0 saturated carbocycles. The molecule has 0 spiro atoms. The largest absolute Gasteiger partial charge is 0.462 e. The number of carbonyl (C=O) groups excluding carboxylic acids is 3. The standard InChI is InChI=1S/C18H24N2O6S/c1-4-26-15(21)12-5-7-13(8-6-12)19-16(22)18(2,3)17(23)20-14-9-10-27(24,25)11-14/h5-8,14H,4,9-11H2,1-3H3,(H,19,22)(H,20,23). The van der Waals surface area contributed by atoms with Crippen LogP contribution in [0.4, 0.5) is 5.69 Å². The zero-order valence-corrected chi connectivity index (χ0v) is 16.4. The van der Waals surface area contributed by atoms with Crippen molar-refractivity contribution < 1.29 is 27.5 Å². The van der Waals surface area contributed by atoms with Crippen LogP contribution < -0.4 is 10.6 Å². The number of hydrogen-bond donors (Lipinski definition) is 2. The third-order valence-electron chi connectivity index (χ3n) is 4.36. The van der Waals surface area contributed by atoms with Crippen LogP contribution in [0.25, 0.3) is 0 Å². The molecule has 9 heteroatoms. The molecular weight excluding hydrogens is 372 g/mol. The second-order valence-corrected chi connectivity index (χ2v) is 9.18. The van der Waals surface area contributed by atoms with E-state index < -0.39 is 39.1 Å². The van der Waals surface area contributed by atoms with Gasteiger partial charge >= 0.3 is 5.97 Å². The van der Waals surface area contributed by atoms with Gasteiger partial charge in [-0.3, -0.25) is 9.59 Å². The predicted molar refractivity (Wildman–Crippen MR) is 100 cm³/mol. The normalized spacial score (nSPS) is 18.6. The molecule has 1 saturated heterocycles. The van der Waals surface area contributed by atoms with Gasteiger partial charge in [-0.25, -0.2) is 13.2 Å². The van der Waals surface area contributed by atoms with E-state index in [0.29, 0.717) is 17.7 Å². The van der Waals surface area contributed by atoms with Crippen LogP contribution in [0.3, 0.4) is 0 Å². The van der Waals surface area contributed by atoms with Gasteiger partial charge < -0.3 is 15.4 Å². The van der Waals surface area contributed by atoms with E-state index in [-0.39, 0.29) is 18.1 Å². The highest BCUT2D eigenvalue weighted by Crippen LogP contribution is 2.21. The Morgan fingerprint density at radius 3 is 2.30 bits per heavy atom. The molecular formula is C18H24N2O6S. The molecule has 2 N–H and O–H groups in total. The van der Waals surface area contributed by atoms with Gasteiger partial charge in [-0.15, -0.1) is 0 Å². The second-order valence-electron chi connectivity index (χ2n) is 6.95. The Hall–Kier alpha value is -2.42. The average Bonchev–Trinajstić information content (AvgIpc) is 2.94. The van der Waals surface area contributed by atoms with Crippen LogP contribution in [0.15, 0.2) is 24.3 Å². The number of amides is 2. The number of nitrogens with one attached hydrogen (secondary N) is 2. The minimum atomic E-state index is -3.12. The summed E-state index contributed by atoms with van der Waals surface area (Å²) in [6.07, 6.45) is 0.348. The van der Waals surface area contributed by atoms with Crippen molar-refractivity contribution >= 4 is 33.3 Å². The molecule has 8 nitrogen and oxygen atoms in total. The minimum Gasteiger partial charge on any atom is -0.462 e. The van der Waals surface area contributed by atoms with Crippen molar-refractivity contribution in [2.45, 2.75) is 33.2 Å². The van der Waals surface area contributed by atoms with Crippen molar-refractivity contribution in [2.24, 2.45) is 5.41 Å². The zero-order chi connectivity index (χ0) is 20.2. The van der Waals surface area contributed by atoms with Gasteiger partial charge in [-0.1, -0.05) is 0 Å². The lowest BCUT2D eigenvalue weighted by molar-refractivity contribution is -0.138. The third kappa shape index (κ3) is 5.29. The number of benzene rings is 1. The van der Waals surface area contributed by atoms with Crippen molar-refractivity contribution in [3.05, 3.63) is 29.8 Å². The lowest BCUT2D eigenvalue weighted by Gasteiger charge is -2.24. The van der Waals surface area contributed by atoms with Gasteiger partial charge in [0.15, 0.2) is 9.84 Å². The summed E-state index contributed by atoms with van der Waals surface area (Å²) < 4.78 is 27.9. The van der Waals surface area contributed by atoms with Crippen molar-refractivity contribution in [2.75, 3.05) is 23.4 Å². The Bertz CT molecular complexity index is 830. The molecule has 148 valence electrons. The molecule has 1 atom stereocenters. The SMILES string of the molecule is CCOC(=O)c1ccc(NC(=O)C(C)(C)C(=O)NC2CCS(=O)(=O)C2)cc1. The van der Waals surface area contributed by atoms with E-state index in [9.17, 15) is 22.8 Å². The van der Waals surface area contributed by atoms with Crippen LogP contribution in [0.1, 0.15) is 37.6 Å². The smallest absolute Gasteiger partial charge is 0.338 e. The van der Waals surface area contributed by atoms with E-state index in [4.69, 9.17) is 4.74 Å². The molecule has 0 aromatic heterocycles. The van der Waals surface area contributed by atoms with E-state index in [1.807, 2.05) is 0 Å². The van der Waals surface area contributed by atoms with Gasteiger partial charge in [0.1, 0.15) is 5.41 Å². The predicted octanol–water partition coefficient (Wildman–Crippen LogP) is 1.13. The summed E-state index contributed by atoms with van der Waals surface area (Å²) in [6.45, 7) is 4.91. The molecule has 2 rings (SSSR count). The monoisotopic (exact) mass is 396 g/mol. The fourth-order valence-corrected chi connectivity index (χ4v) is 4.24. The van der Waals surface area contributed by atoms with Gasteiger partial charge in [-0.2, -0.15) is 0 Å². The fraction of sp³-hybridized carbons (Fsp3) is 0.500. The second kappa shape index (κ2) is 8.08. The molecule has 0 aliphatic carbocycles. The molecule has 1 unspecified atom stereocenters. The fourth-order valence-electron chi connectivity index (χ4n) is 2.57. The molecule has 1 aliphatic heterocycles. The molecule has 0 bridgehead atoms. The molecule has 1 aromatic rings. The Labute approximate surface area is 158 Å². The Kier molecular flexibility index (Phi) is 6.25. The summed E-state index contributed by atoms with van der Waals surface area (Å²) in [6, 6.07) is 5.65. The van der Waals surface area contributed by atoms with Crippen LogP contribution in [0.2, 0.25) is 0 Å². The van der Waals surface area contributed by atoms with Crippen LogP contribution >= 0.6 is 0 Å². The first-order valence-electron chi connectivity index (χ1n) is 8.65. The lowest BCUT2D eigenvalue weighted by Crippen LogP contribution is -2.48. The summed E-state index contributed by atoms with van der Waals surface area (Å²) in [7, 11) is -3.12. The van der Waals surface area contributed by atoms with Crippen LogP contribution in [0, 0.1) is 5.41 Å². The molecule has 0 radical (unpaired) electrons. The van der Waals surface area contributed by atoms with E-state index in [0.717, 1.165) is 0 Å². The lowest BCUT2D eigenvalue weighted by atomic mass is 9.90. The molecule has 1 aliphatic rings. The highest BCUT2D eigenvalue weighted by atomic mass is 32.2. The number of rotatable bonds is 6. The van der Waals surface area contributed by atoms with Crippen molar-refractivity contribution in [3.63, 3.8) is 0 Å². The van der Waals surface area contributed by atoms with Gasteiger partial charge in [0.2, 0.25) is 11.8 Å². The summed E-state index contributed by atoms with van der Waals surface area (Å²) in [5.74, 6) is -1.60.